The summed E-state index contributed by atoms with van der Waals surface area (Å²) in [7, 11) is 0. The second kappa shape index (κ2) is 13.2. The molecule has 0 aliphatic heterocycles. The van der Waals surface area contributed by atoms with Gasteiger partial charge in [-0.25, -0.2) is 0 Å². The number of aromatic nitrogens is 1. The van der Waals surface area contributed by atoms with E-state index in [4.69, 9.17) is 4.74 Å². The highest BCUT2D eigenvalue weighted by Crippen LogP contribution is 2.37. The van der Waals surface area contributed by atoms with Gasteiger partial charge in [-0.15, -0.1) is 0 Å². The zero-order chi connectivity index (χ0) is 21.9. The number of carbonyl (C=O) groups is 1. The average Bonchev–Trinajstić information content (AvgIpc) is 2.82. The molecule has 2 aliphatic rings. The molecule has 3 heteroatoms. The zero-order valence-corrected chi connectivity index (χ0v) is 20.1. The van der Waals surface area contributed by atoms with Crippen molar-refractivity contribution in [2.24, 2.45) is 23.7 Å². The number of pyridine rings is 1. The number of nitrogens with zero attached hydrogens (tertiary/aromatic N) is 1. The molecule has 0 saturated heterocycles. The lowest BCUT2D eigenvalue weighted by molar-refractivity contribution is -0.140. The number of esters is 1. The summed E-state index contributed by atoms with van der Waals surface area (Å²) >= 11 is 0. The summed E-state index contributed by atoms with van der Waals surface area (Å²) in [6.45, 7) is 4.57. The van der Waals surface area contributed by atoms with Crippen LogP contribution in [0.15, 0.2) is 18.3 Å². The zero-order valence-electron chi connectivity index (χ0n) is 20.1. The molecular formula is C28H45NO2. The van der Waals surface area contributed by atoms with Gasteiger partial charge in [-0.05, 0) is 68.4 Å². The predicted octanol–water partition coefficient (Wildman–Crippen LogP) is 7.91. The molecule has 2 fully saturated rings. The van der Waals surface area contributed by atoms with E-state index in [-0.39, 0.29) is 11.9 Å². The van der Waals surface area contributed by atoms with Gasteiger partial charge in [0.1, 0.15) is 5.75 Å². The molecule has 1 aromatic rings. The van der Waals surface area contributed by atoms with Gasteiger partial charge in [0.25, 0.3) is 0 Å². The van der Waals surface area contributed by atoms with E-state index in [1.165, 1.54) is 83.5 Å². The molecule has 0 N–H and O–H groups in total. The van der Waals surface area contributed by atoms with Crippen molar-refractivity contribution in [3.8, 4) is 5.75 Å². The van der Waals surface area contributed by atoms with Gasteiger partial charge in [-0.3, -0.25) is 9.78 Å². The highest BCUT2D eigenvalue weighted by atomic mass is 16.5. The van der Waals surface area contributed by atoms with E-state index >= 15 is 0 Å². The van der Waals surface area contributed by atoms with Gasteiger partial charge in [0.2, 0.25) is 0 Å². The van der Waals surface area contributed by atoms with Crippen molar-refractivity contribution in [2.75, 3.05) is 0 Å². The van der Waals surface area contributed by atoms with Crippen molar-refractivity contribution in [2.45, 2.75) is 117 Å². The Balaban J connectivity index is 1.32. The van der Waals surface area contributed by atoms with Gasteiger partial charge < -0.3 is 4.74 Å². The average molecular weight is 428 g/mol. The largest absolute Gasteiger partial charge is 0.425 e. The molecule has 0 radical (unpaired) electrons. The first kappa shape index (κ1) is 24.3. The Labute approximate surface area is 190 Å². The lowest BCUT2D eigenvalue weighted by atomic mass is 9.75. The minimum atomic E-state index is -0.0474. The molecule has 3 rings (SSSR count). The molecule has 1 heterocycles. The Morgan fingerprint density at radius 2 is 1.52 bits per heavy atom. The van der Waals surface area contributed by atoms with Crippen LogP contribution in [-0.4, -0.2) is 11.0 Å². The van der Waals surface area contributed by atoms with Gasteiger partial charge >= 0.3 is 5.97 Å². The summed E-state index contributed by atoms with van der Waals surface area (Å²) in [5, 5.41) is 0. The van der Waals surface area contributed by atoms with E-state index in [0.717, 1.165) is 42.7 Å². The van der Waals surface area contributed by atoms with Crippen LogP contribution < -0.4 is 4.74 Å². The Morgan fingerprint density at radius 3 is 2.10 bits per heavy atom. The lowest BCUT2D eigenvalue weighted by Gasteiger charge is -2.31. The molecule has 0 bridgehead atoms. The maximum absolute atomic E-state index is 12.6. The summed E-state index contributed by atoms with van der Waals surface area (Å²) in [4.78, 5) is 17.1. The quantitative estimate of drug-likeness (QED) is 0.266. The Hall–Kier alpha value is -1.38. The first-order valence-corrected chi connectivity index (χ1v) is 13.3. The molecule has 3 nitrogen and oxygen atoms in total. The van der Waals surface area contributed by atoms with Gasteiger partial charge in [-0.2, -0.15) is 0 Å². The van der Waals surface area contributed by atoms with Gasteiger partial charge in [0, 0.05) is 5.69 Å². The topological polar surface area (TPSA) is 39.2 Å². The molecule has 174 valence electrons. The molecule has 0 unspecified atom stereocenters. The van der Waals surface area contributed by atoms with Crippen LogP contribution in [-0.2, 0) is 11.2 Å². The van der Waals surface area contributed by atoms with Crippen LogP contribution in [0.3, 0.4) is 0 Å². The van der Waals surface area contributed by atoms with Crippen LogP contribution in [0, 0.1) is 23.7 Å². The Morgan fingerprint density at radius 1 is 0.871 bits per heavy atom. The maximum atomic E-state index is 12.6. The Bertz CT molecular complexity index is 625. The van der Waals surface area contributed by atoms with Crippen molar-refractivity contribution >= 4 is 5.97 Å². The normalized spacial score (nSPS) is 26.5. The fourth-order valence-electron chi connectivity index (χ4n) is 5.64. The van der Waals surface area contributed by atoms with Crippen LogP contribution >= 0.6 is 0 Å². The fourth-order valence-corrected chi connectivity index (χ4v) is 5.64. The van der Waals surface area contributed by atoms with Crippen molar-refractivity contribution in [3.05, 3.63) is 24.0 Å². The molecular weight excluding hydrogens is 382 g/mol. The number of ether oxygens (including phenoxy) is 1. The molecule has 2 saturated carbocycles. The van der Waals surface area contributed by atoms with Gasteiger partial charge in [0.15, 0.2) is 0 Å². The predicted molar refractivity (Wildman–Crippen MR) is 128 cm³/mol. The summed E-state index contributed by atoms with van der Waals surface area (Å²) in [5.74, 6) is 3.41. The number of unbranched alkanes of at least 4 members (excludes halogenated alkanes) is 3. The molecule has 2 aliphatic carbocycles. The third-order valence-corrected chi connectivity index (χ3v) is 8.01. The minimum absolute atomic E-state index is 0.0474. The van der Waals surface area contributed by atoms with Gasteiger partial charge in [-0.1, -0.05) is 78.1 Å². The first-order valence-electron chi connectivity index (χ1n) is 13.3. The number of hydrogen-bond acceptors (Lipinski definition) is 3. The molecule has 0 amide bonds. The van der Waals surface area contributed by atoms with Crippen LogP contribution in [0.25, 0.3) is 0 Å². The van der Waals surface area contributed by atoms with Gasteiger partial charge in [0.05, 0.1) is 12.1 Å². The highest BCUT2D eigenvalue weighted by Gasteiger charge is 2.28. The monoisotopic (exact) mass is 427 g/mol. The van der Waals surface area contributed by atoms with E-state index < -0.39 is 0 Å². The van der Waals surface area contributed by atoms with Crippen molar-refractivity contribution in [1.29, 1.82) is 0 Å². The highest BCUT2D eigenvalue weighted by molar-refractivity contribution is 5.75. The van der Waals surface area contributed by atoms with E-state index in [1.807, 2.05) is 12.1 Å². The maximum Gasteiger partial charge on any atom is 0.314 e. The summed E-state index contributed by atoms with van der Waals surface area (Å²) in [5.41, 5.74) is 1.10. The van der Waals surface area contributed by atoms with E-state index in [9.17, 15) is 4.79 Å². The Kier molecular flexibility index (Phi) is 10.4. The number of aryl methyl sites for hydroxylation is 1. The number of carbonyl (C=O) groups excluding carboxylic acids is 1. The van der Waals surface area contributed by atoms with Crippen molar-refractivity contribution in [3.63, 3.8) is 0 Å². The molecule has 31 heavy (non-hydrogen) atoms. The van der Waals surface area contributed by atoms with E-state index in [1.54, 1.807) is 6.20 Å². The van der Waals surface area contributed by atoms with Crippen molar-refractivity contribution in [1.82, 2.24) is 4.98 Å². The number of rotatable bonds is 11. The lowest BCUT2D eigenvalue weighted by Crippen LogP contribution is -2.26. The molecule has 0 atom stereocenters. The SMILES string of the molecule is CCCCCCc1ccc(OC(=O)[C@H]2CC[C@H](CC[C@H]3CC[C@H](CC)CC3)CC2)cn1. The fraction of sp³-hybridized carbons (Fsp3) is 0.786. The second-order valence-corrected chi connectivity index (χ2v) is 10.3. The smallest absolute Gasteiger partial charge is 0.314 e. The van der Waals surface area contributed by atoms with Crippen LogP contribution in [0.2, 0.25) is 0 Å². The molecule has 0 spiro atoms. The van der Waals surface area contributed by atoms with E-state index in [2.05, 4.69) is 18.8 Å². The molecule has 1 aromatic heterocycles. The van der Waals surface area contributed by atoms with Crippen molar-refractivity contribution < 1.29 is 9.53 Å². The summed E-state index contributed by atoms with van der Waals surface area (Å²) in [6, 6.07) is 3.93. The second-order valence-electron chi connectivity index (χ2n) is 10.3. The standard InChI is InChI=1S/C28H45NO2/c1-3-5-6-7-8-26-19-20-27(21-29-26)31-28(30)25-17-15-24(16-18-25)14-13-23-11-9-22(4-2)10-12-23/h19-25H,3-18H2,1-2H3/t22-,23-,24-,25-. The van der Waals surface area contributed by atoms with Crippen LogP contribution in [0.1, 0.15) is 116 Å². The third-order valence-electron chi connectivity index (χ3n) is 8.01. The van der Waals surface area contributed by atoms with Crippen LogP contribution in [0.5, 0.6) is 5.75 Å². The minimum Gasteiger partial charge on any atom is -0.425 e. The summed E-state index contributed by atoms with van der Waals surface area (Å²) < 4.78 is 5.66. The first-order chi connectivity index (χ1) is 15.2. The number of hydrogen-bond donors (Lipinski definition) is 0. The molecule has 0 aromatic carbocycles. The van der Waals surface area contributed by atoms with Crippen LogP contribution in [0.4, 0.5) is 0 Å². The summed E-state index contributed by atoms with van der Waals surface area (Å²) in [6.07, 6.45) is 22.1. The van der Waals surface area contributed by atoms with E-state index in [0.29, 0.717) is 5.75 Å². The third kappa shape index (κ3) is 8.24.